The van der Waals surface area contributed by atoms with E-state index in [1.54, 1.807) is 12.1 Å². The first-order chi connectivity index (χ1) is 15.6. The van der Waals surface area contributed by atoms with Crippen LogP contribution >= 0.6 is 46.6 Å². The van der Waals surface area contributed by atoms with E-state index in [2.05, 4.69) is 10.5 Å². The van der Waals surface area contributed by atoms with Crippen molar-refractivity contribution >= 4 is 58.2 Å². The van der Waals surface area contributed by atoms with Crippen molar-refractivity contribution in [3.8, 4) is 0 Å². The minimum Gasteiger partial charge on any atom is -0.374 e. The molecule has 176 valence electrons. The Kier molecular flexibility index (Phi) is 7.10. The number of alkyl halides is 3. The quantitative estimate of drug-likeness (QED) is 0.404. The fraction of sp³-hybridized carbons (Fsp3) is 0.364. The van der Waals surface area contributed by atoms with Gasteiger partial charge >= 0.3 is 6.18 Å². The van der Waals surface area contributed by atoms with Gasteiger partial charge in [0.25, 0.3) is 5.60 Å². The number of nitrogens with zero attached hydrogens (tertiary/aromatic N) is 1. The lowest BCUT2D eigenvalue weighted by molar-refractivity contribution is -0.275. The van der Waals surface area contributed by atoms with Crippen LogP contribution in [0.1, 0.15) is 36.8 Å². The number of carbonyl (C=O) groups excluding carboxylic acids is 1. The van der Waals surface area contributed by atoms with Crippen LogP contribution in [-0.2, 0) is 15.2 Å². The van der Waals surface area contributed by atoms with E-state index in [-0.39, 0.29) is 39.0 Å². The van der Waals surface area contributed by atoms with Gasteiger partial charge in [-0.3, -0.25) is 4.79 Å². The minimum atomic E-state index is -4.78. The molecule has 1 atom stereocenters. The molecule has 2 aromatic carbocycles. The molecule has 4 rings (SSSR count). The van der Waals surface area contributed by atoms with E-state index >= 15 is 0 Å². The summed E-state index contributed by atoms with van der Waals surface area (Å²) in [4.78, 5) is 17.7. The lowest BCUT2D eigenvalue weighted by Crippen LogP contribution is -2.42. The topological polar surface area (TPSA) is 50.7 Å². The first kappa shape index (κ1) is 24.5. The molecule has 0 bridgehead atoms. The van der Waals surface area contributed by atoms with Gasteiger partial charge in [-0.1, -0.05) is 46.0 Å². The molecule has 1 amide bonds. The van der Waals surface area contributed by atoms with Gasteiger partial charge in [0.1, 0.15) is 0 Å². The van der Waals surface area contributed by atoms with E-state index in [1.165, 1.54) is 36.0 Å². The van der Waals surface area contributed by atoms with Crippen molar-refractivity contribution in [3.63, 3.8) is 0 Å². The van der Waals surface area contributed by atoms with Crippen molar-refractivity contribution < 1.29 is 22.8 Å². The normalized spacial score (nSPS) is 20.7. The summed E-state index contributed by atoms with van der Waals surface area (Å²) >= 11 is 19.5. The third kappa shape index (κ3) is 5.24. The summed E-state index contributed by atoms with van der Waals surface area (Å²) in [7, 11) is 0. The van der Waals surface area contributed by atoms with Gasteiger partial charge in [0, 0.05) is 38.5 Å². The summed E-state index contributed by atoms with van der Waals surface area (Å²) < 4.78 is 42.4. The second kappa shape index (κ2) is 9.56. The van der Waals surface area contributed by atoms with Gasteiger partial charge in [-0.15, -0.1) is 11.8 Å². The Morgan fingerprint density at radius 2 is 1.85 bits per heavy atom. The van der Waals surface area contributed by atoms with Crippen LogP contribution in [0.25, 0.3) is 0 Å². The second-order valence-electron chi connectivity index (χ2n) is 7.92. The van der Waals surface area contributed by atoms with Crippen LogP contribution in [0, 0.1) is 0 Å². The lowest BCUT2D eigenvalue weighted by Gasteiger charge is -2.29. The zero-order valence-corrected chi connectivity index (χ0v) is 20.1. The highest BCUT2D eigenvalue weighted by Gasteiger charge is 2.62. The van der Waals surface area contributed by atoms with Crippen molar-refractivity contribution in [2.45, 2.75) is 48.4 Å². The largest absolute Gasteiger partial charge is 0.435 e. The van der Waals surface area contributed by atoms with Gasteiger partial charge in [-0.25, -0.2) is 0 Å². The van der Waals surface area contributed by atoms with Gasteiger partial charge in [0.2, 0.25) is 5.91 Å². The number of thioether (sulfide) groups is 1. The maximum absolute atomic E-state index is 14.1. The van der Waals surface area contributed by atoms with E-state index in [4.69, 9.17) is 39.6 Å². The summed E-state index contributed by atoms with van der Waals surface area (Å²) in [5, 5.41) is 7.11. The van der Waals surface area contributed by atoms with Crippen LogP contribution in [0.5, 0.6) is 0 Å². The summed E-state index contributed by atoms with van der Waals surface area (Å²) in [6, 6.07) is 8.72. The van der Waals surface area contributed by atoms with Crippen molar-refractivity contribution in [2.24, 2.45) is 5.16 Å². The van der Waals surface area contributed by atoms with E-state index in [0.29, 0.717) is 15.5 Å². The molecule has 1 aliphatic heterocycles. The van der Waals surface area contributed by atoms with Gasteiger partial charge in [-0.05, 0) is 49.6 Å². The summed E-state index contributed by atoms with van der Waals surface area (Å²) in [6.07, 6.45) is -2.23. The zero-order chi connectivity index (χ0) is 23.8. The van der Waals surface area contributed by atoms with Crippen molar-refractivity contribution in [1.29, 1.82) is 0 Å². The molecule has 1 heterocycles. The number of carbonyl (C=O) groups is 1. The van der Waals surface area contributed by atoms with Crippen LogP contribution < -0.4 is 5.32 Å². The number of benzene rings is 2. The van der Waals surface area contributed by atoms with Crippen LogP contribution in [-0.4, -0.2) is 29.6 Å². The smallest absolute Gasteiger partial charge is 0.374 e. The highest BCUT2D eigenvalue weighted by molar-refractivity contribution is 8.00. The fourth-order valence-corrected chi connectivity index (χ4v) is 5.21. The molecule has 0 radical (unpaired) electrons. The van der Waals surface area contributed by atoms with Crippen molar-refractivity contribution in [1.82, 2.24) is 5.32 Å². The number of nitrogens with one attached hydrogen (secondary N) is 1. The first-order valence-corrected chi connectivity index (χ1v) is 12.2. The average Bonchev–Trinajstić information content (AvgIpc) is 3.16. The second-order valence-corrected chi connectivity index (χ2v) is 10.2. The summed E-state index contributed by atoms with van der Waals surface area (Å²) in [5.74, 6) is 0.125. The summed E-state index contributed by atoms with van der Waals surface area (Å²) in [6.45, 7) is 0. The lowest BCUT2D eigenvalue weighted by atomic mass is 9.86. The number of oxime groups is 1. The minimum absolute atomic E-state index is 0.0592. The molecule has 0 spiro atoms. The molecule has 2 aliphatic rings. The van der Waals surface area contributed by atoms with Crippen LogP contribution in [0.15, 0.2) is 46.4 Å². The van der Waals surface area contributed by atoms with Gasteiger partial charge in [0.15, 0.2) is 0 Å². The maximum atomic E-state index is 14.1. The highest BCUT2D eigenvalue weighted by Crippen LogP contribution is 2.50. The highest BCUT2D eigenvalue weighted by atomic mass is 35.5. The van der Waals surface area contributed by atoms with Crippen LogP contribution in [0.2, 0.25) is 15.1 Å². The maximum Gasteiger partial charge on any atom is 0.435 e. The molecular weight excluding hydrogens is 520 g/mol. The van der Waals surface area contributed by atoms with Crippen molar-refractivity contribution in [2.75, 3.05) is 5.75 Å². The molecule has 33 heavy (non-hydrogen) atoms. The summed E-state index contributed by atoms with van der Waals surface area (Å²) in [5.41, 5.74) is -2.47. The molecule has 0 saturated heterocycles. The monoisotopic (exact) mass is 536 g/mol. The van der Waals surface area contributed by atoms with E-state index in [1.807, 2.05) is 0 Å². The van der Waals surface area contributed by atoms with E-state index in [9.17, 15) is 18.0 Å². The third-order valence-corrected chi connectivity index (χ3v) is 7.54. The Labute approximate surface area is 207 Å². The SMILES string of the molecule is O=C(CSc1ccc(C2=NOC(c3cc(Cl)cc(Cl)c3)(C(F)(F)F)C2)cc1Cl)NC1CCC1. The molecule has 1 fully saturated rings. The number of rotatable bonds is 6. The molecule has 2 aromatic rings. The molecule has 1 aliphatic carbocycles. The Balaban J connectivity index is 1.50. The molecule has 4 nitrogen and oxygen atoms in total. The molecule has 1 unspecified atom stereocenters. The number of hydrogen-bond donors (Lipinski definition) is 1. The van der Waals surface area contributed by atoms with Gasteiger partial charge in [-0.2, -0.15) is 13.2 Å². The molecule has 11 heteroatoms. The van der Waals surface area contributed by atoms with Gasteiger partial charge in [0.05, 0.1) is 16.5 Å². The van der Waals surface area contributed by atoms with Crippen LogP contribution in [0.3, 0.4) is 0 Å². The average molecular weight is 538 g/mol. The molecular formula is C22H18Cl3F3N2O2S. The van der Waals surface area contributed by atoms with Crippen LogP contribution in [0.4, 0.5) is 13.2 Å². The van der Waals surface area contributed by atoms with E-state index < -0.39 is 18.2 Å². The molecule has 0 aromatic heterocycles. The Bertz CT molecular complexity index is 1090. The Morgan fingerprint density at radius 1 is 1.15 bits per heavy atom. The zero-order valence-electron chi connectivity index (χ0n) is 17.0. The predicted octanol–water partition coefficient (Wildman–Crippen LogP) is 6.99. The number of hydrogen-bond acceptors (Lipinski definition) is 4. The molecule has 1 saturated carbocycles. The predicted molar refractivity (Wildman–Crippen MR) is 124 cm³/mol. The third-order valence-electron chi connectivity index (χ3n) is 5.61. The Morgan fingerprint density at radius 3 is 2.42 bits per heavy atom. The number of amides is 1. The Hall–Kier alpha value is -1.61. The first-order valence-electron chi connectivity index (χ1n) is 10.1. The van der Waals surface area contributed by atoms with Gasteiger partial charge < -0.3 is 10.2 Å². The van der Waals surface area contributed by atoms with Crippen molar-refractivity contribution in [3.05, 3.63) is 62.6 Å². The number of halogens is 6. The molecule has 1 N–H and O–H groups in total. The van der Waals surface area contributed by atoms with E-state index in [0.717, 1.165) is 19.3 Å². The fourth-order valence-electron chi connectivity index (χ4n) is 3.61. The standard InChI is InChI=1S/C22H18Cl3F3N2O2S/c23-14-7-13(8-15(24)9-14)21(22(26,27)28)10-18(30-32-21)12-4-5-19(17(25)6-12)33-11-20(31)29-16-2-1-3-16/h4-9,16H,1-3,10-11H2,(H,29,31).